The van der Waals surface area contributed by atoms with E-state index in [1.807, 2.05) is 43.3 Å². The Hall–Kier alpha value is -3.49. The molecule has 4 rings (SSSR count). The minimum Gasteiger partial charge on any atom is -0.467 e. The fraction of sp³-hybridized carbons (Fsp3) is 0.160. The van der Waals surface area contributed by atoms with Gasteiger partial charge in [0.2, 0.25) is 15.0 Å². The van der Waals surface area contributed by atoms with Crippen LogP contribution in [0.1, 0.15) is 32.9 Å². The van der Waals surface area contributed by atoms with E-state index in [1.54, 1.807) is 30.3 Å². The molecule has 7 nitrogen and oxygen atoms in total. The molecule has 9 heteroatoms. The third-order valence-corrected chi connectivity index (χ3v) is 6.82. The van der Waals surface area contributed by atoms with Gasteiger partial charge in [-0.3, -0.25) is 4.79 Å². The highest BCUT2D eigenvalue weighted by Gasteiger charge is 2.26. The van der Waals surface area contributed by atoms with E-state index in [-0.39, 0.29) is 29.6 Å². The van der Waals surface area contributed by atoms with Gasteiger partial charge in [-0.15, -0.1) is 0 Å². The molecule has 0 radical (unpaired) electrons. The number of aromatic nitrogens is 2. The highest BCUT2D eigenvalue weighted by molar-refractivity contribution is 7.90. The largest absolute Gasteiger partial charge is 0.467 e. The smallest absolute Gasteiger partial charge is 0.274 e. The van der Waals surface area contributed by atoms with Crippen LogP contribution < -0.4 is 0 Å². The standard InChI is InChI=1S/C25H22ClN3O4S/c1-18-7-5-10-20(13-18)17-34(31,32)25-27-14-22(26)23(28-25)24(30)29(16-21-11-6-12-33-21)15-19-8-3-2-4-9-19/h2-14H,15-17H2,1H3. The first-order chi connectivity index (χ1) is 16.3. The van der Waals surface area contributed by atoms with Gasteiger partial charge in [0.15, 0.2) is 5.69 Å². The second-order valence-corrected chi connectivity index (χ2v) is 10.1. The summed E-state index contributed by atoms with van der Waals surface area (Å²) in [6.45, 7) is 2.30. The minimum absolute atomic E-state index is 0.0305. The van der Waals surface area contributed by atoms with Crippen LogP contribution in [0.3, 0.4) is 0 Å². The zero-order valence-corrected chi connectivity index (χ0v) is 20.0. The Bertz CT molecular complexity index is 1390. The van der Waals surface area contributed by atoms with Crippen LogP contribution in [0.15, 0.2) is 88.8 Å². The lowest BCUT2D eigenvalue weighted by Gasteiger charge is -2.22. The summed E-state index contributed by atoms with van der Waals surface area (Å²) in [7, 11) is -3.91. The van der Waals surface area contributed by atoms with Gasteiger partial charge in [0.25, 0.3) is 5.91 Å². The monoisotopic (exact) mass is 495 g/mol. The first kappa shape index (κ1) is 23.7. The molecule has 4 aromatic rings. The summed E-state index contributed by atoms with van der Waals surface area (Å²) in [4.78, 5) is 23.0. The first-order valence-electron chi connectivity index (χ1n) is 10.5. The molecule has 34 heavy (non-hydrogen) atoms. The number of carbonyl (C=O) groups is 1. The van der Waals surface area contributed by atoms with Crippen LogP contribution in [0.5, 0.6) is 0 Å². The van der Waals surface area contributed by atoms with Crippen molar-refractivity contribution in [2.24, 2.45) is 0 Å². The predicted molar refractivity (Wildman–Crippen MR) is 128 cm³/mol. The van der Waals surface area contributed by atoms with Crippen LogP contribution >= 0.6 is 11.6 Å². The van der Waals surface area contributed by atoms with Gasteiger partial charge in [0.1, 0.15) is 5.76 Å². The lowest BCUT2D eigenvalue weighted by Crippen LogP contribution is -2.31. The third-order valence-electron chi connectivity index (χ3n) is 5.07. The number of carbonyl (C=O) groups excluding carboxylic acids is 1. The summed E-state index contributed by atoms with van der Waals surface area (Å²) in [5.41, 5.74) is 2.26. The average molecular weight is 496 g/mol. The molecule has 2 heterocycles. The van der Waals surface area contributed by atoms with E-state index in [1.165, 1.54) is 11.2 Å². The van der Waals surface area contributed by atoms with Crippen molar-refractivity contribution < 1.29 is 17.6 Å². The van der Waals surface area contributed by atoms with Crippen LogP contribution in [0.25, 0.3) is 0 Å². The Morgan fingerprint density at radius 2 is 1.76 bits per heavy atom. The van der Waals surface area contributed by atoms with Gasteiger partial charge in [-0.25, -0.2) is 18.4 Å². The van der Waals surface area contributed by atoms with E-state index >= 15 is 0 Å². The second kappa shape index (κ2) is 10.2. The molecule has 1 amide bonds. The molecule has 0 saturated heterocycles. The van der Waals surface area contributed by atoms with Gasteiger partial charge in [-0.1, -0.05) is 71.8 Å². The molecule has 0 fully saturated rings. The molecule has 0 aliphatic carbocycles. The topological polar surface area (TPSA) is 93.4 Å². The molecular weight excluding hydrogens is 474 g/mol. The number of aryl methyl sites for hydroxylation is 1. The molecular formula is C25H22ClN3O4S. The van der Waals surface area contributed by atoms with E-state index in [2.05, 4.69) is 9.97 Å². The number of nitrogens with zero attached hydrogens (tertiary/aromatic N) is 3. The average Bonchev–Trinajstić information content (AvgIpc) is 3.32. The molecule has 0 spiro atoms. The van der Waals surface area contributed by atoms with E-state index in [4.69, 9.17) is 16.0 Å². The van der Waals surface area contributed by atoms with E-state index in [0.29, 0.717) is 11.3 Å². The number of rotatable bonds is 8. The van der Waals surface area contributed by atoms with Gasteiger partial charge in [-0.05, 0) is 30.2 Å². The molecule has 0 aliphatic heterocycles. The zero-order chi connectivity index (χ0) is 24.1. The maximum absolute atomic E-state index is 13.5. The molecule has 0 bridgehead atoms. The van der Waals surface area contributed by atoms with Crippen molar-refractivity contribution in [1.82, 2.24) is 14.9 Å². The maximum atomic E-state index is 13.5. The Labute approximate surface area is 203 Å². The fourth-order valence-electron chi connectivity index (χ4n) is 3.48. The van der Waals surface area contributed by atoms with Crippen molar-refractivity contribution in [1.29, 1.82) is 0 Å². The number of furan rings is 1. The SMILES string of the molecule is Cc1cccc(CS(=O)(=O)c2ncc(Cl)c(C(=O)N(Cc3ccccc3)Cc3ccco3)n2)c1. The van der Waals surface area contributed by atoms with E-state index in [9.17, 15) is 13.2 Å². The van der Waals surface area contributed by atoms with Crippen LogP contribution in [0.2, 0.25) is 5.02 Å². The molecule has 2 aromatic carbocycles. The first-order valence-corrected chi connectivity index (χ1v) is 12.5. The minimum atomic E-state index is -3.91. The Morgan fingerprint density at radius 1 is 1.00 bits per heavy atom. The van der Waals surface area contributed by atoms with Gasteiger partial charge in [0, 0.05) is 6.54 Å². The molecule has 0 unspecified atom stereocenters. The van der Waals surface area contributed by atoms with Crippen LogP contribution in [-0.2, 0) is 28.7 Å². The Kier molecular flexibility index (Phi) is 7.09. The van der Waals surface area contributed by atoms with Crippen molar-refractivity contribution >= 4 is 27.3 Å². The van der Waals surface area contributed by atoms with E-state index < -0.39 is 20.9 Å². The maximum Gasteiger partial charge on any atom is 0.274 e. The fourth-order valence-corrected chi connectivity index (χ4v) is 4.84. The van der Waals surface area contributed by atoms with Crippen molar-refractivity contribution in [2.75, 3.05) is 0 Å². The Morgan fingerprint density at radius 3 is 2.47 bits per heavy atom. The van der Waals surface area contributed by atoms with Crippen molar-refractivity contribution in [3.63, 3.8) is 0 Å². The van der Waals surface area contributed by atoms with Gasteiger partial charge >= 0.3 is 0 Å². The van der Waals surface area contributed by atoms with Crippen molar-refractivity contribution in [3.05, 3.63) is 112 Å². The third kappa shape index (κ3) is 5.70. The summed E-state index contributed by atoms with van der Waals surface area (Å²) >= 11 is 6.26. The zero-order valence-electron chi connectivity index (χ0n) is 18.4. The Balaban J connectivity index is 1.65. The molecule has 0 aliphatic rings. The number of sulfone groups is 1. The molecule has 0 saturated carbocycles. The number of hydrogen-bond donors (Lipinski definition) is 0. The molecule has 2 aromatic heterocycles. The normalized spacial score (nSPS) is 11.4. The van der Waals surface area contributed by atoms with Gasteiger partial charge in [0.05, 0.1) is 29.8 Å². The predicted octanol–water partition coefficient (Wildman–Crippen LogP) is 4.85. The quantitative estimate of drug-likeness (QED) is 0.324. The van der Waals surface area contributed by atoms with Crippen molar-refractivity contribution in [3.8, 4) is 0 Å². The summed E-state index contributed by atoms with van der Waals surface area (Å²) < 4.78 is 31.4. The number of halogens is 1. The highest BCUT2D eigenvalue weighted by atomic mass is 35.5. The van der Waals surface area contributed by atoms with Gasteiger partial charge < -0.3 is 9.32 Å². The summed E-state index contributed by atoms with van der Waals surface area (Å²) in [6.07, 6.45) is 2.67. The summed E-state index contributed by atoms with van der Waals surface area (Å²) in [6, 6.07) is 20.1. The summed E-state index contributed by atoms with van der Waals surface area (Å²) in [5, 5.41) is -0.476. The summed E-state index contributed by atoms with van der Waals surface area (Å²) in [5.74, 6) is -0.245. The van der Waals surface area contributed by atoms with Gasteiger partial charge in [-0.2, -0.15) is 0 Å². The van der Waals surface area contributed by atoms with E-state index in [0.717, 1.165) is 17.3 Å². The molecule has 0 N–H and O–H groups in total. The number of hydrogen-bond acceptors (Lipinski definition) is 6. The highest BCUT2D eigenvalue weighted by Crippen LogP contribution is 2.21. The number of amides is 1. The van der Waals surface area contributed by atoms with Crippen LogP contribution in [0, 0.1) is 6.92 Å². The van der Waals surface area contributed by atoms with Crippen molar-refractivity contribution in [2.45, 2.75) is 30.9 Å². The number of benzene rings is 2. The van der Waals surface area contributed by atoms with Crippen LogP contribution in [-0.4, -0.2) is 29.2 Å². The molecule has 0 atom stereocenters. The second-order valence-electron chi connectivity index (χ2n) is 7.82. The lowest BCUT2D eigenvalue weighted by molar-refractivity contribution is 0.0710. The molecule has 174 valence electrons. The lowest BCUT2D eigenvalue weighted by atomic mass is 10.2. The van der Waals surface area contributed by atoms with Crippen LogP contribution in [0.4, 0.5) is 0 Å².